The minimum absolute atomic E-state index is 0.192. The Balaban J connectivity index is 1.87. The van der Waals surface area contributed by atoms with E-state index in [2.05, 4.69) is 45.0 Å². The van der Waals surface area contributed by atoms with Crippen LogP contribution in [0, 0.1) is 0 Å². The van der Waals surface area contributed by atoms with Crippen LogP contribution in [0.15, 0.2) is 48.5 Å². The lowest BCUT2D eigenvalue weighted by Crippen LogP contribution is -2.10. The number of thioether (sulfide) groups is 1. The van der Waals surface area contributed by atoms with Crippen molar-refractivity contribution in [1.82, 2.24) is 0 Å². The van der Waals surface area contributed by atoms with Crippen molar-refractivity contribution in [2.45, 2.75) is 37.7 Å². The Morgan fingerprint density at radius 1 is 0.909 bits per heavy atom. The van der Waals surface area contributed by atoms with Crippen LogP contribution in [0.1, 0.15) is 47.8 Å². The molecule has 0 saturated heterocycles. The van der Waals surface area contributed by atoms with Crippen LogP contribution in [0.5, 0.6) is 0 Å². The van der Waals surface area contributed by atoms with E-state index in [4.69, 9.17) is 5.11 Å². The summed E-state index contributed by atoms with van der Waals surface area (Å²) < 4.78 is 0. The summed E-state index contributed by atoms with van der Waals surface area (Å²) in [6.45, 7) is 6.66. The molecule has 2 aromatic carbocycles. The quantitative estimate of drug-likeness (QED) is 0.832. The topological polar surface area (TPSA) is 37.3 Å². The van der Waals surface area contributed by atoms with E-state index in [-0.39, 0.29) is 5.41 Å². The van der Waals surface area contributed by atoms with Gasteiger partial charge in [-0.2, -0.15) is 11.8 Å². The summed E-state index contributed by atoms with van der Waals surface area (Å²) in [7, 11) is 0. The molecule has 0 aliphatic rings. The highest BCUT2D eigenvalue weighted by molar-refractivity contribution is 7.97. The second-order valence-electron chi connectivity index (χ2n) is 6.44. The van der Waals surface area contributed by atoms with Crippen LogP contribution < -0.4 is 0 Å². The fourth-order valence-electron chi connectivity index (χ4n) is 2.13. The molecule has 2 rings (SSSR count). The highest BCUT2D eigenvalue weighted by atomic mass is 32.2. The molecular weight excluding hydrogens is 292 g/mol. The molecule has 0 fully saturated rings. The summed E-state index contributed by atoms with van der Waals surface area (Å²) in [5, 5.41) is 8.87. The monoisotopic (exact) mass is 314 g/mol. The van der Waals surface area contributed by atoms with Gasteiger partial charge >= 0.3 is 5.97 Å². The average Bonchev–Trinajstić information content (AvgIpc) is 2.47. The highest BCUT2D eigenvalue weighted by Gasteiger charge is 2.12. The summed E-state index contributed by atoms with van der Waals surface area (Å²) in [6, 6.07) is 15.9. The predicted molar refractivity (Wildman–Crippen MR) is 93.5 cm³/mol. The van der Waals surface area contributed by atoms with Gasteiger partial charge in [0.15, 0.2) is 0 Å². The minimum atomic E-state index is -0.877. The molecule has 0 saturated carbocycles. The van der Waals surface area contributed by atoms with E-state index in [1.54, 1.807) is 12.1 Å². The first kappa shape index (κ1) is 16.6. The van der Waals surface area contributed by atoms with Gasteiger partial charge in [0.1, 0.15) is 0 Å². The van der Waals surface area contributed by atoms with E-state index < -0.39 is 5.97 Å². The number of carboxylic acid groups (broad SMARTS) is 1. The van der Waals surface area contributed by atoms with E-state index >= 15 is 0 Å². The molecule has 0 bridgehead atoms. The molecule has 2 nitrogen and oxygen atoms in total. The molecule has 0 aromatic heterocycles. The van der Waals surface area contributed by atoms with Crippen molar-refractivity contribution in [3.8, 4) is 0 Å². The predicted octanol–water partition coefficient (Wildman–Crippen LogP) is 5.12. The minimum Gasteiger partial charge on any atom is -0.478 e. The highest BCUT2D eigenvalue weighted by Crippen LogP contribution is 2.24. The number of carbonyl (C=O) groups is 1. The van der Waals surface area contributed by atoms with E-state index in [0.717, 1.165) is 17.1 Å². The first-order valence-electron chi connectivity index (χ1n) is 7.35. The van der Waals surface area contributed by atoms with Gasteiger partial charge in [-0.25, -0.2) is 4.79 Å². The van der Waals surface area contributed by atoms with Gasteiger partial charge in [-0.05, 0) is 34.2 Å². The molecule has 0 aliphatic heterocycles. The molecule has 3 heteroatoms. The molecule has 0 aliphatic carbocycles. The zero-order valence-corrected chi connectivity index (χ0v) is 14.1. The number of aromatic carboxylic acids is 1. The zero-order chi connectivity index (χ0) is 16.2. The maximum atomic E-state index is 10.8. The number of hydrogen-bond acceptors (Lipinski definition) is 2. The number of hydrogen-bond donors (Lipinski definition) is 1. The molecule has 2 aromatic rings. The van der Waals surface area contributed by atoms with E-state index in [1.165, 1.54) is 11.1 Å². The Bertz CT molecular complexity index is 622. The van der Waals surface area contributed by atoms with Crippen LogP contribution >= 0.6 is 11.8 Å². The maximum absolute atomic E-state index is 10.8. The van der Waals surface area contributed by atoms with E-state index in [9.17, 15) is 4.79 Å². The third-order valence-corrected chi connectivity index (χ3v) is 4.63. The van der Waals surface area contributed by atoms with Gasteiger partial charge in [-0.1, -0.05) is 57.2 Å². The van der Waals surface area contributed by atoms with E-state index in [0.29, 0.717) is 5.56 Å². The third-order valence-electron chi connectivity index (χ3n) is 3.56. The molecule has 116 valence electrons. The van der Waals surface area contributed by atoms with Crippen molar-refractivity contribution in [2.24, 2.45) is 0 Å². The Morgan fingerprint density at radius 3 is 1.77 bits per heavy atom. The second-order valence-corrected chi connectivity index (χ2v) is 7.43. The van der Waals surface area contributed by atoms with Crippen molar-refractivity contribution < 1.29 is 9.90 Å². The van der Waals surface area contributed by atoms with Gasteiger partial charge in [0.25, 0.3) is 0 Å². The molecular formula is C19H22O2S. The van der Waals surface area contributed by atoms with Crippen molar-refractivity contribution >= 4 is 17.7 Å². The normalized spacial score (nSPS) is 11.4. The number of benzene rings is 2. The van der Waals surface area contributed by atoms with E-state index in [1.807, 2.05) is 23.9 Å². The number of rotatable bonds is 5. The Labute approximate surface area is 136 Å². The fourth-order valence-corrected chi connectivity index (χ4v) is 3.09. The van der Waals surface area contributed by atoms with Crippen molar-refractivity contribution in [2.75, 3.05) is 0 Å². The van der Waals surface area contributed by atoms with Gasteiger partial charge in [0.2, 0.25) is 0 Å². The Hall–Kier alpha value is -1.74. The average molecular weight is 314 g/mol. The number of carboxylic acids is 1. The van der Waals surface area contributed by atoms with Gasteiger partial charge in [-0.3, -0.25) is 0 Å². The van der Waals surface area contributed by atoms with Crippen LogP contribution in [0.4, 0.5) is 0 Å². The molecule has 1 N–H and O–H groups in total. The van der Waals surface area contributed by atoms with Gasteiger partial charge < -0.3 is 5.11 Å². The molecule has 0 atom stereocenters. The Morgan fingerprint density at radius 2 is 1.36 bits per heavy atom. The first-order valence-corrected chi connectivity index (χ1v) is 8.51. The lowest BCUT2D eigenvalue weighted by atomic mass is 9.87. The molecule has 0 radical (unpaired) electrons. The lowest BCUT2D eigenvalue weighted by molar-refractivity contribution is 0.0697. The molecule has 0 spiro atoms. The standard InChI is InChI=1S/C19H22O2S/c1-19(2,3)17-10-6-15(7-11-17)13-22-12-14-4-8-16(9-5-14)18(20)21/h4-11H,12-13H2,1-3H3,(H,20,21). The van der Waals surface area contributed by atoms with Gasteiger partial charge in [0.05, 0.1) is 5.56 Å². The maximum Gasteiger partial charge on any atom is 0.335 e. The Kier molecular flexibility index (Phi) is 5.30. The van der Waals surface area contributed by atoms with Crippen LogP contribution in [-0.4, -0.2) is 11.1 Å². The second kappa shape index (κ2) is 7.01. The molecule has 0 heterocycles. The van der Waals surface area contributed by atoms with Gasteiger partial charge in [-0.15, -0.1) is 0 Å². The zero-order valence-electron chi connectivity index (χ0n) is 13.3. The fraction of sp³-hybridized carbons (Fsp3) is 0.316. The summed E-state index contributed by atoms with van der Waals surface area (Å²) in [4.78, 5) is 10.8. The summed E-state index contributed by atoms with van der Waals surface area (Å²) in [5.74, 6) is 0.976. The van der Waals surface area contributed by atoms with Crippen LogP contribution in [-0.2, 0) is 16.9 Å². The van der Waals surface area contributed by atoms with Crippen molar-refractivity contribution in [3.63, 3.8) is 0 Å². The van der Waals surface area contributed by atoms with Crippen LogP contribution in [0.3, 0.4) is 0 Å². The molecule has 0 unspecified atom stereocenters. The molecule has 22 heavy (non-hydrogen) atoms. The van der Waals surface area contributed by atoms with Crippen molar-refractivity contribution in [3.05, 3.63) is 70.8 Å². The van der Waals surface area contributed by atoms with Crippen LogP contribution in [0.2, 0.25) is 0 Å². The molecule has 0 amide bonds. The SMILES string of the molecule is CC(C)(C)c1ccc(CSCc2ccc(C(=O)O)cc2)cc1. The third kappa shape index (κ3) is 4.63. The summed E-state index contributed by atoms with van der Waals surface area (Å²) in [5.41, 5.74) is 4.36. The summed E-state index contributed by atoms with van der Waals surface area (Å²) in [6.07, 6.45) is 0. The van der Waals surface area contributed by atoms with Crippen LogP contribution in [0.25, 0.3) is 0 Å². The smallest absolute Gasteiger partial charge is 0.335 e. The van der Waals surface area contributed by atoms with Crippen molar-refractivity contribution in [1.29, 1.82) is 0 Å². The lowest BCUT2D eigenvalue weighted by Gasteiger charge is -2.19. The van der Waals surface area contributed by atoms with Gasteiger partial charge in [0, 0.05) is 11.5 Å². The largest absolute Gasteiger partial charge is 0.478 e. The summed E-state index contributed by atoms with van der Waals surface area (Å²) >= 11 is 1.84. The first-order chi connectivity index (χ1) is 10.4.